The third kappa shape index (κ3) is 2.72. The van der Waals surface area contributed by atoms with Crippen molar-refractivity contribution in [1.82, 2.24) is 15.5 Å². The number of aromatic nitrogens is 2. The summed E-state index contributed by atoms with van der Waals surface area (Å²) in [6, 6.07) is 1.88. The number of nitrogens with one attached hydrogen (secondary N) is 2. The molecule has 0 bridgehead atoms. The summed E-state index contributed by atoms with van der Waals surface area (Å²) in [5.74, 6) is 0.971. The molecule has 1 aromatic heterocycles. The van der Waals surface area contributed by atoms with Crippen molar-refractivity contribution in [1.29, 1.82) is 0 Å². The van der Waals surface area contributed by atoms with Crippen LogP contribution in [0.1, 0.15) is 47.8 Å². The number of amides is 1. The number of nitrogens with zero attached hydrogens (tertiary/aromatic N) is 1. The first-order valence-electron chi connectivity index (χ1n) is 6.74. The smallest absolute Gasteiger partial charge is 0.271 e. The van der Waals surface area contributed by atoms with Crippen molar-refractivity contribution >= 4 is 5.91 Å². The number of H-pyrrole nitrogens is 1. The molecule has 1 saturated carbocycles. The molecule has 1 saturated heterocycles. The average Bonchev–Trinajstić information content (AvgIpc) is 3.15. The molecule has 2 fully saturated rings. The Labute approximate surface area is 106 Å². The first kappa shape index (κ1) is 11.7. The lowest BCUT2D eigenvalue weighted by atomic mass is 10.0. The van der Waals surface area contributed by atoms with Gasteiger partial charge in [0.25, 0.3) is 5.91 Å². The maximum atomic E-state index is 11.9. The number of carbonyl (C=O) groups excluding carboxylic acids is 1. The molecule has 18 heavy (non-hydrogen) atoms. The fourth-order valence-corrected chi connectivity index (χ4v) is 2.35. The molecule has 5 nitrogen and oxygen atoms in total. The van der Waals surface area contributed by atoms with Crippen LogP contribution in [0.3, 0.4) is 0 Å². The molecule has 0 aromatic carbocycles. The van der Waals surface area contributed by atoms with Gasteiger partial charge in [-0.15, -0.1) is 0 Å². The van der Waals surface area contributed by atoms with Crippen molar-refractivity contribution in [2.24, 2.45) is 5.92 Å². The molecule has 2 heterocycles. The molecule has 1 aromatic rings. The van der Waals surface area contributed by atoms with Crippen molar-refractivity contribution in [2.75, 3.05) is 19.8 Å². The van der Waals surface area contributed by atoms with Gasteiger partial charge in [-0.25, -0.2) is 0 Å². The lowest BCUT2D eigenvalue weighted by molar-refractivity contribution is 0.0535. The highest BCUT2D eigenvalue weighted by Crippen LogP contribution is 2.38. The molecule has 1 unspecified atom stereocenters. The molecule has 98 valence electrons. The molecule has 1 atom stereocenters. The van der Waals surface area contributed by atoms with Crippen LogP contribution >= 0.6 is 0 Å². The van der Waals surface area contributed by atoms with Gasteiger partial charge in [0, 0.05) is 24.8 Å². The number of hydrogen-bond donors (Lipinski definition) is 2. The van der Waals surface area contributed by atoms with Gasteiger partial charge in [0.1, 0.15) is 5.69 Å². The Morgan fingerprint density at radius 3 is 3.11 bits per heavy atom. The summed E-state index contributed by atoms with van der Waals surface area (Å²) in [7, 11) is 0. The van der Waals surface area contributed by atoms with Crippen molar-refractivity contribution in [3.8, 4) is 0 Å². The van der Waals surface area contributed by atoms with Crippen molar-refractivity contribution in [2.45, 2.75) is 31.6 Å². The van der Waals surface area contributed by atoms with Gasteiger partial charge >= 0.3 is 0 Å². The molecular weight excluding hydrogens is 230 g/mol. The van der Waals surface area contributed by atoms with E-state index in [-0.39, 0.29) is 5.91 Å². The van der Waals surface area contributed by atoms with E-state index >= 15 is 0 Å². The van der Waals surface area contributed by atoms with E-state index < -0.39 is 0 Å². The van der Waals surface area contributed by atoms with Gasteiger partial charge in [0.15, 0.2) is 0 Å². The first-order valence-corrected chi connectivity index (χ1v) is 6.74. The fourth-order valence-electron chi connectivity index (χ4n) is 2.35. The SMILES string of the molecule is O=C(NCC1CCCOC1)c1cc(C2CC2)[nH]n1. The summed E-state index contributed by atoms with van der Waals surface area (Å²) in [6.07, 6.45) is 4.65. The maximum absolute atomic E-state index is 11.9. The van der Waals surface area contributed by atoms with Gasteiger partial charge in [-0.05, 0) is 37.7 Å². The zero-order valence-corrected chi connectivity index (χ0v) is 10.4. The minimum absolute atomic E-state index is 0.0799. The lowest BCUT2D eigenvalue weighted by Gasteiger charge is -2.21. The van der Waals surface area contributed by atoms with E-state index in [9.17, 15) is 4.79 Å². The molecular formula is C13H19N3O2. The Hall–Kier alpha value is -1.36. The van der Waals surface area contributed by atoms with Crippen molar-refractivity contribution < 1.29 is 9.53 Å². The molecule has 1 aliphatic heterocycles. The Bertz CT molecular complexity index is 420. The van der Waals surface area contributed by atoms with E-state index in [1.807, 2.05) is 6.07 Å². The van der Waals surface area contributed by atoms with Gasteiger partial charge in [-0.3, -0.25) is 9.89 Å². The third-order valence-corrected chi connectivity index (χ3v) is 3.65. The highest BCUT2D eigenvalue weighted by atomic mass is 16.5. The van der Waals surface area contributed by atoms with Crippen LogP contribution in [-0.2, 0) is 4.74 Å². The van der Waals surface area contributed by atoms with E-state index in [1.54, 1.807) is 0 Å². The molecule has 2 N–H and O–H groups in total. The number of aromatic amines is 1. The standard InChI is InChI=1S/C13H19N3O2/c17-13(14-7-9-2-1-5-18-8-9)12-6-11(15-16-12)10-3-4-10/h6,9-10H,1-5,7-8H2,(H,14,17)(H,15,16). The van der Waals surface area contributed by atoms with Gasteiger partial charge in [-0.2, -0.15) is 5.10 Å². The minimum atomic E-state index is -0.0799. The quantitative estimate of drug-likeness (QED) is 0.848. The van der Waals surface area contributed by atoms with Crippen LogP contribution in [0.25, 0.3) is 0 Å². The fraction of sp³-hybridized carbons (Fsp3) is 0.692. The summed E-state index contributed by atoms with van der Waals surface area (Å²) in [5, 5.41) is 9.96. The molecule has 1 aliphatic carbocycles. The predicted molar refractivity (Wildman–Crippen MR) is 66.4 cm³/mol. The van der Waals surface area contributed by atoms with E-state index in [2.05, 4.69) is 15.5 Å². The lowest BCUT2D eigenvalue weighted by Crippen LogP contribution is -2.33. The van der Waals surface area contributed by atoms with E-state index in [1.165, 1.54) is 12.8 Å². The Kier molecular flexibility index (Phi) is 3.32. The van der Waals surface area contributed by atoms with Gasteiger partial charge < -0.3 is 10.1 Å². The van der Waals surface area contributed by atoms with Crippen molar-refractivity contribution in [3.63, 3.8) is 0 Å². The Balaban J connectivity index is 1.50. The minimum Gasteiger partial charge on any atom is -0.381 e. The molecule has 0 spiro atoms. The van der Waals surface area contributed by atoms with Crippen LogP contribution in [0.2, 0.25) is 0 Å². The second-order valence-corrected chi connectivity index (χ2v) is 5.28. The molecule has 0 radical (unpaired) electrons. The second kappa shape index (κ2) is 5.10. The monoisotopic (exact) mass is 249 g/mol. The molecule has 5 heteroatoms. The Morgan fingerprint density at radius 2 is 2.39 bits per heavy atom. The second-order valence-electron chi connectivity index (χ2n) is 5.28. The zero-order chi connectivity index (χ0) is 12.4. The van der Waals surface area contributed by atoms with Crippen LogP contribution in [0.4, 0.5) is 0 Å². The van der Waals surface area contributed by atoms with Crippen LogP contribution in [0, 0.1) is 5.92 Å². The summed E-state index contributed by atoms with van der Waals surface area (Å²) in [5.41, 5.74) is 1.61. The maximum Gasteiger partial charge on any atom is 0.271 e. The van der Waals surface area contributed by atoms with Crippen LogP contribution < -0.4 is 5.32 Å². The largest absolute Gasteiger partial charge is 0.381 e. The summed E-state index contributed by atoms with van der Waals surface area (Å²) >= 11 is 0. The molecule has 3 rings (SSSR count). The van der Waals surface area contributed by atoms with E-state index in [0.29, 0.717) is 24.1 Å². The summed E-state index contributed by atoms with van der Waals surface area (Å²) < 4.78 is 5.39. The molecule has 2 aliphatic rings. The number of hydrogen-bond acceptors (Lipinski definition) is 3. The van der Waals surface area contributed by atoms with Crippen LogP contribution in [0.5, 0.6) is 0 Å². The summed E-state index contributed by atoms with van der Waals surface area (Å²) in [4.78, 5) is 11.9. The first-order chi connectivity index (χ1) is 8.83. The van der Waals surface area contributed by atoms with Gasteiger partial charge in [-0.1, -0.05) is 0 Å². The summed E-state index contributed by atoms with van der Waals surface area (Å²) in [6.45, 7) is 2.30. The number of ether oxygens (including phenoxy) is 1. The Morgan fingerprint density at radius 1 is 1.50 bits per heavy atom. The normalized spacial score (nSPS) is 23.9. The number of rotatable bonds is 4. The number of carbonyl (C=O) groups is 1. The third-order valence-electron chi connectivity index (χ3n) is 3.65. The van der Waals surface area contributed by atoms with Crippen molar-refractivity contribution in [3.05, 3.63) is 17.5 Å². The zero-order valence-electron chi connectivity index (χ0n) is 10.4. The average molecular weight is 249 g/mol. The highest BCUT2D eigenvalue weighted by molar-refractivity contribution is 5.92. The van der Waals surface area contributed by atoms with Gasteiger partial charge in [0.05, 0.1) is 6.61 Å². The van der Waals surface area contributed by atoms with Gasteiger partial charge in [0.2, 0.25) is 0 Å². The van der Waals surface area contributed by atoms with Crippen LogP contribution in [0.15, 0.2) is 6.07 Å². The molecule has 1 amide bonds. The topological polar surface area (TPSA) is 67.0 Å². The van der Waals surface area contributed by atoms with Crippen LogP contribution in [-0.4, -0.2) is 35.9 Å². The van der Waals surface area contributed by atoms with E-state index in [0.717, 1.165) is 31.7 Å². The van der Waals surface area contributed by atoms with E-state index in [4.69, 9.17) is 4.74 Å². The highest BCUT2D eigenvalue weighted by Gasteiger charge is 2.26. The predicted octanol–water partition coefficient (Wildman–Crippen LogP) is 1.44.